The molecule has 0 aliphatic heterocycles. The van der Waals surface area contributed by atoms with Gasteiger partial charge >= 0.3 is 0 Å². The minimum absolute atomic E-state index is 0.191. The molecule has 2 unspecified atom stereocenters. The zero-order valence-corrected chi connectivity index (χ0v) is 11.9. The van der Waals surface area contributed by atoms with E-state index in [1.54, 1.807) is 6.07 Å². The van der Waals surface area contributed by atoms with Gasteiger partial charge in [-0.05, 0) is 43.9 Å². The quantitative estimate of drug-likeness (QED) is 0.841. The Labute approximate surface area is 115 Å². The molecule has 19 heavy (non-hydrogen) atoms. The highest BCUT2D eigenvalue weighted by Gasteiger charge is 2.24. The zero-order chi connectivity index (χ0) is 13.7. The number of rotatable bonds is 4. The maximum absolute atomic E-state index is 14.2. The summed E-state index contributed by atoms with van der Waals surface area (Å²) in [6.07, 6.45) is 7.02. The maximum atomic E-state index is 14.2. The van der Waals surface area contributed by atoms with Crippen molar-refractivity contribution >= 4 is 0 Å². The van der Waals surface area contributed by atoms with Gasteiger partial charge < -0.3 is 10.1 Å². The zero-order valence-electron chi connectivity index (χ0n) is 11.9. The van der Waals surface area contributed by atoms with Gasteiger partial charge in [0.1, 0.15) is 0 Å². The molecule has 2 atom stereocenters. The minimum atomic E-state index is -0.191. The first-order chi connectivity index (χ1) is 9.26. The molecule has 2 nitrogen and oxygen atoms in total. The lowest BCUT2D eigenvalue weighted by Crippen LogP contribution is -2.34. The summed E-state index contributed by atoms with van der Waals surface area (Å²) < 4.78 is 19.3. The average molecular weight is 265 g/mol. The highest BCUT2D eigenvalue weighted by atomic mass is 19.1. The summed E-state index contributed by atoms with van der Waals surface area (Å²) in [5.41, 5.74) is 0.784. The summed E-state index contributed by atoms with van der Waals surface area (Å²) in [4.78, 5) is 0. The first kappa shape index (κ1) is 14.3. The lowest BCUT2D eigenvalue weighted by molar-refractivity contribution is 0.341. The standard InChI is InChI=1S/C16H24FNO/c1-18-14-9-5-3-4-7-12(14)11-13-8-6-10-15(19-2)16(13)17/h6,8,10,12,14,18H,3-5,7,9,11H2,1-2H3. The van der Waals surface area contributed by atoms with E-state index in [0.29, 0.717) is 17.7 Å². The van der Waals surface area contributed by atoms with Crippen molar-refractivity contribution in [1.82, 2.24) is 5.32 Å². The number of hydrogen-bond donors (Lipinski definition) is 1. The van der Waals surface area contributed by atoms with E-state index in [1.165, 1.54) is 39.2 Å². The summed E-state index contributed by atoms with van der Waals surface area (Å²) in [7, 11) is 3.54. The summed E-state index contributed by atoms with van der Waals surface area (Å²) in [5, 5.41) is 3.41. The Morgan fingerprint density at radius 2 is 2.05 bits per heavy atom. The first-order valence-corrected chi connectivity index (χ1v) is 7.25. The third-order valence-corrected chi connectivity index (χ3v) is 4.28. The highest BCUT2D eigenvalue weighted by Crippen LogP contribution is 2.29. The van der Waals surface area contributed by atoms with Crippen LogP contribution in [0, 0.1) is 11.7 Å². The fraction of sp³-hybridized carbons (Fsp3) is 0.625. The van der Waals surface area contributed by atoms with Crippen LogP contribution in [0.2, 0.25) is 0 Å². The second kappa shape index (κ2) is 6.90. The molecule has 0 bridgehead atoms. The van der Waals surface area contributed by atoms with E-state index < -0.39 is 0 Å². The van der Waals surface area contributed by atoms with Crippen LogP contribution in [-0.4, -0.2) is 20.2 Å². The molecule has 0 saturated heterocycles. The van der Waals surface area contributed by atoms with Crippen molar-refractivity contribution in [3.05, 3.63) is 29.6 Å². The van der Waals surface area contributed by atoms with Crippen LogP contribution in [-0.2, 0) is 6.42 Å². The van der Waals surface area contributed by atoms with Gasteiger partial charge in [0.2, 0.25) is 0 Å². The molecule has 0 aromatic heterocycles. The minimum Gasteiger partial charge on any atom is -0.494 e. The third kappa shape index (κ3) is 3.47. The lowest BCUT2D eigenvalue weighted by Gasteiger charge is -2.25. The topological polar surface area (TPSA) is 21.3 Å². The van der Waals surface area contributed by atoms with Crippen molar-refractivity contribution < 1.29 is 9.13 Å². The molecular weight excluding hydrogens is 241 g/mol. The smallest absolute Gasteiger partial charge is 0.168 e. The Morgan fingerprint density at radius 3 is 2.79 bits per heavy atom. The molecule has 1 aliphatic carbocycles. The van der Waals surface area contributed by atoms with Crippen LogP contribution in [0.1, 0.15) is 37.7 Å². The van der Waals surface area contributed by atoms with E-state index in [-0.39, 0.29) is 5.82 Å². The number of nitrogens with one attached hydrogen (secondary N) is 1. The molecule has 1 aromatic rings. The number of ether oxygens (including phenoxy) is 1. The normalized spacial score (nSPS) is 23.9. The molecule has 1 aromatic carbocycles. The first-order valence-electron chi connectivity index (χ1n) is 7.25. The molecular formula is C16H24FNO. The molecule has 0 radical (unpaired) electrons. The molecule has 3 heteroatoms. The number of hydrogen-bond acceptors (Lipinski definition) is 2. The van der Waals surface area contributed by atoms with Crippen LogP contribution in [0.25, 0.3) is 0 Å². The molecule has 0 heterocycles. The largest absolute Gasteiger partial charge is 0.494 e. The Morgan fingerprint density at radius 1 is 1.26 bits per heavy atom. The van der Waals surface area contributed by atoms with Gasteiger partial charge in [0, 0.05) is 6.04 Å². The second-order valence-electron chi connectivity index (χ2n) is 5.43. The molecule has 106 valence electrons. The predicted octanol–water partition coefficient (Wildman–Crippen LogP) is 3.55. The molecule has 0 spiro atoms. The van der Waals surface area contributed by atoms with Gasteiger partial charge in [0.05, 0.1) is 7.11 Å². The van der Waals surface area contributed by atoms with Gasteiger partial charge in [-0.25, -0.2) is 4.39 Å². The molecule has 0 amide bonds. The Kier molecular flexibility index (Phi) is 5.20. The van der Waals surface area contributed by atoms with Crippen LogP contribution in [0.4, 0.5) is 4.39 Å². The molecule has 1 fully saturated rings. The van der Waals surface area contributed by atoms with Crippen LogP contribution < -0.4 is 10.1 Å². The van der Waals surface area contributed by atoms with E-state index in [2.05, 4.69) is 5.32 Å². The van der Waals surface area contributed by atoms with Crippen LogP contribution in [0.15, 0.2) is 18.2 Å². The highest BCUT2D eigenvalue weighted by molar-refractivity contribution is 5.31. The monoisotopic (exact) mass is 265 g/mol. The maximum Gasteiger partial charge on any atom is 0.168 e. The van der Waals surface area contributed by atoms with Crippen LogP contribution in [0.3, 0.4) is 0 Å². The fourth-order valence-electron chi connectivity index (χ4n) is 3.16. The van der Waals surface area contributed by atoms with Crippen molar-refractivity contribution in [2.45, 2.75) is 44.6 Å². The second-order valence-corrected chi connectivity index (χ2v) is 5.43. The third-order valence-electron chi connectivity index (χ3n) is 4.28. The van der Waals surface area contributed by atoms with Gasteiger partial charge in [0.25, 0.3) is 0 Å². The summed E-state index contributed by atoms with van der Waals surface area (Å²) >= 11 is 0. The van der Waals surface area contributed by atoms with Crippen molar-refractivity contribution in [2.75, 3.05) is 14.2 Å². The average Bonchev–Trinajstić information content (AvgIpc) is 2.66. The number of methoxy groups -OCH3 is 1. The van der Waals surface area contributed by atoms with E-state index in [9.17, 15) is 4.39 Å². The molecule has 1 saturated carbocycles. The van der Waals surface area contributed by atoms with Gasteiger partial charge in [-0.3, -0.25) is 0 Å². The van der Waals surface area contributed by atoms with Gasteiger partial charge in [-0.2, -0.15) is 0 Å². The van der Waals surface area contributed by atoms with Crippen molar-refractivity contribution in [2.24, 2.45) is 5.92 Å². The van der Waals surface area contributed by atoms with E-state index in [1.807, 2.05) is 19.2 Å². The number of halogens is 1. The van der Waals surface area contributed by atoms with Gasteiger partial charge in [-0.15, -0.1) is 0 Å². The van der Waals surface area contributed by atoms with Crippen LogP contribution >= 0.6 is 0 Å². The Hall–Kier alpha value is -1.09. The fourth-order valence-corrected chi connectivity index (χ4v) is 3.16. The predicted molar refractivity (Wildman–Crippen MR) is 76.1 cm³/mol. The Balaban J connectivity index is 2.14. The van der Waals surface area contributed by atoms with Crippen molar-refractivity contribution in [3.8, 4) is 5.75 Å². The molecule has 1 aliphatic rings. The van der Waals surface area contributed by atoms with Crippen LogP contribution in [0.5, 0.6) is 5.75 Å². The summed E-state index contributed by atoms with van der Waals surface area (Å²) in [5.74, 6) is 0.685. The van der Waals surface area contributed by atoms with E-state index >= 15 is 0 Å². The Bertz CT molecular complexity index is 408. The summed E-state index contributed by atoms with van der Waals surface area (Å²) in [6.45, 7) is 0. The van der Waals surface area contributed by atoms with Crippen molar-refractivity contribution in [3.63, 3.8) is 0 Å². The lowest BCUT2D eigenvalue weighted by atomic mass is 9.88. The van der Waals surface area contributed by atoms with E-state index in [0.717, 1.165) is 12.0 Å². The van der Waals surface area contributed by atoms with E-state index in [4.69, 9.17) is 4.74 Å². The summed E-state index contributed by atoms with van der Waals surface area (Å²) in [6, 6.07) is 5.95. The van der Waals surface area contributed by atoms with Crippen molar-refractivity contribution in [1.29, 1.82) is 0 Å². The molecule has 2 rings (SSSR count). The van der Waals surface area contributed by atoms with Gasteiger partial charge in [-0.1, -0.05) is 31.4 Å². The SMILES string of the molecule is CNC1CCCCCC1Cc1cccc(OC)c1F. The number of benzene rings is 1. The molecule has 1 N–H and O–H groups in total. The van der Waals surface area contributed by atoms with Gasteiger partial charge in [0.15, 0.2) is 11.6 Å².